The number of rotatable bonds is 6. The molecule has 0 unspecified atom stereocenters. The van der Waals surface area contributed by atoms with Gasteiger partial charge in [0.1, 0.15) is 5.69 Å². The van der Waals surface area contributed by atoms with Crippen LogP contribution in [0.3, 0.4) is 0 Å². The van der Waals surface area contributed by atoms with E-state index >= 15 is 0 Å². The van der Waals surface area contributed by atoms with Gasteiger partial charge < -0.3 is 14.5 Å². The lowest BCUT2D eigenvalue weighted by molar-refractivity contribution is -0.137. The first-order chi connectivity index (χ1) is 11.2. The molecule has 1 aliphatic rings. The van der Waals surface area contributed by atoms with E-state index in [1.807, 2.05) is 18.2 Å². The number of carboxylic acids is 1. The highest BCUT2D eigenvalue weighted by Gasteiger charge is 2.19. The van der Waals surface area contributed by atoms with Crippen molar-refractivity contribution < 1.29 is 14.4 Å². The van der Waals surface area contributed by atoms with E-state index in [1.54, 1.807) is 12.4 Å². The van der Waals surface area contributed by atoms with Crippen LogP contribution in [0.25, 0.3) is 11.3 Å². The Morgan fingerprint density at radius 3 is 2.57 bits per heavy atom. The van der Waals surface area contributed by atoms with E-state index in [2.05, 4.69) is 19.9 Å². The minimum atomic E-state index is -0.738. The predicted octanol–water partition coefficient (Wildman–Crippen LogP) is 1.33. The summed E-state index contributed by atoms with van der Waals surface area (Å²) in [5, 5.41) is 12.8. The highest BCUT2D eigenvalue weighted by molar-refractivity contribution is 5.66. The number of aromatic nitrogens is 2. The molecule has 2 aromatic rings. The van der Waals surface area contributed by atoms with E-state index in [0.29, 0.717) is 6.54 Å². The Morgan fingerprint density at radius 1 is 1.17 bits per heavy atom. The molecule has 1 saturated heterocycles. The Labute approximate surface area is 134 Å². The fourth-order valence-corrected chi connectivity index (χ4v) is 2.69. The van der Waals surface area contributed by atoms with E-state index in [9.17, 15) is 4.79 Å². The number of pyridine rings is 1. The molecule has 7 nitrogen and oxygen atoms in total. The number of carboxylic acid groups (broad SMARTS) is 1. The maximum atomic E-state index is 10.6. The summed E-state index contributed by atoms with van der Waals surface area (Å²) in [4.78, 5) is 19.1. The van der Waals surface area contributed by atoms with Crippen LogP contribution in [0.15, 0.2) is 35.1 Å². The second kappa shape index (κ2) is 7.34. The first-order valence-corrected chi connectivity index (χ1v) is 7.73. The summed E-state index contributed by atoms with van der Waals surface area (Å²) in [6.45, 7) is 4.94. The zero-order valence-electron chi connectivity index (χ0n) is 12.9. The summed E-state index contributed by atoms with van der Waals surface area (Å²) in [5.74, 6) is 0.105. The molecule has 0 radical (unpaired) electrons. The summed E-state index contributed by atoms with van der Waals surface area (Å²) in [6, 6.07) is 5.78. The van der Waals surface area contributed by atoms with Crippen LogP contribution in [0, 0.1) is 0 Å². The van der Waals surface area contributed by atoms with Crippen LogP contribution >= 0.6 is 0 Å². The minimum absolute atomic E-state index is 0.206. The third-order valence-corrected chi connectivity index (χ3v) is 4.02. The number of carbonyl (C=O) groups is 1. The zero-order valence-corrected chi connectivity index (χ0v) is 12.9. The van der Waals surface area contributed by atoms with Gasteiger partial charge in [-0.3, -0.25) is 14.7 Å². The molecule has 1 N–H and O–H groups in total. The van der Waals surface area contributed by atoms with Gasteiger partial charge in [-0.2, -0.15) is 0 Å². The normalized spacial score (nSPS) is 16.5. The third kappa shape index (κ3) is 4.37. The molecule has 0 aliphatic carbocycles. The largest absolute Gasteiger partial charge is 0.481 e. The van der Waals surface area contributed by atoms with E-state index in [4.69, 9.17) is 9.63 Å². The van der Waals surface area contributed by atoms with Crippen molar-refractivity contribution >= 4 is 5.97 Å². The lowest BCUT2D eigenvalue weighted by Gasteiger charge is -2.33. The summed E-state index contributed by atoms with van der Waals surface area (Å²) in [5.41, 5.74) is 1.82. The van der Waals surface area contributed by atoms with Crippen LogP contribution in [0.1, 0.15) is 12.2 Å². The molecule has 0 aromatic carbocycles. The van der Waals surface area contributed by atoms with Gasteiger partial charge in [-0.15, -0.1) is 0 Å². The molecule has 23 heavy (non-hydrogen) atoms. The number of hydrogen-bond donors (Lipinski definition) is 1. The first kappa shape index (κ1) is 15.6. The van der Waals surface area contributed by atoms with Crippen molar-refractivity contribution in [1.82, 2.24) is 19.9 Å². The van der Waals surface area contributed by atoms with Gasteiger partial charge >= 0.3 is 5.97 Å². The molecule has 0 atom stereocenters. The Balaban J connectivity index is 1.50. The monoisotopic (exact) mass is 316 g/mol. The van der Waals surface area contributed by atoms with E-state index < -0.39 is 5.97 Å². The van der Waals surface area contributed by atoms with E-state index in [1.165, 1.54) is 0 Å². The Kier molecular flexibility index (Phi) is 4.99. The van der Waals surface area contributed by atoms with Crippen LogP contribution in [-0.2, 0) is 11.3 Å². The van der Waals surface area contributed by atoms with Crippen LogP contribution in [-0.4, -0.2) is 63.7 Å². The van der Waals surface area contributed by atoms with E-state index in [0.717, 1.165) is 49.7 Å². The topological polar surface area (TPSA) is 82.7 Å². The highest BCUT2D eigenvalue weighted by Crippen LogP contribution is 2.19. The van der Waals surface area contributed by atoms with Crippen LogP contribution in [0.4, 0.5) is 0 Å². The first-order valence-electron chi connectivity index (χ1n) is 7.73. The second-order valence-electron chi connectivity index (χ2n) is 5.68. The molecular weight excluding hydrogens is 296 g/mol. The number of hydrogen-bond acceptors (Lipinski definition) is 6. The lowest BCUT2D eigenvalue weighted by atomic mass is 10.2. The summed E-state index contributed by atoms with van der Waals surface area (Å²) in [7, 11) is 0. The SMILES string of the molecule is O=C(O)CCN1CCN(Cc2cc(-c3ccncc3)no2)CC1. The fourth-order valence-electron chi connectivity index (χ4n) is 2.69. The fraction of sp³-hybridized carbons (Fsp3) is 0.438. The number of piperazine rings is 1. The predicted molar refractivity (Wildman–Crippen MR) is 83.7 cm³/mol. The summed E-state index contributed by atoms with van der Waals surface area (Å²) in [6.07, 6.45) is 3.68. The van der Waals surface area contributed by atoms with Gasteiger partial charge in [-0.1, -0.05) is 5.16 Å². The van der Waals surface area contributed by atoms with Crippen LogP contribution in [0.5, 0.6) is 0 Å². The molecule has 0 saturated carbocycles. The van der Waals surface area contributed by atoms with Crippen molar-refractivity contribution in [2.45, 2.75) is 13.0 Å². The smallest absolute Gasteiger partial charge is 0.304 e. The quantitative estimate of drug-likeness (QED) is 0.860. The lowest BCUT2D eigenvalue weighted by Crippen LogP contribution is -2.46. The highest BCUT2D eigenvalue weighted by atomic mass is 16.5. The van der Waals surface area contributed by atoms with Crippen LogP contribution < -0.4 is 0 Å². The van der Waals surface area contributed by atoms with Gasteiger partial charge in [0.25, 0.3) is 0 Å². The molecule has 1 aliphatic heterocycles. The van der Waals surface area contributed by atoms with Gasteiger partial charge in [0, 0.05) is 56.7 Å². The maximum absolute atomic E-state index is 10.6. The van der Waals surface area contributed by atoms with E-state index in [-0.39, 0.29) is 6.42 Å². The summed E-state index contributed by atoms with van der Waals surface area (Å²) < 4.78 is 5.42. The van der Waals surface area contributed by atoms with Gasteiger partial charge in [0.2, 0.25) is 0 Å². The Hall–Kier alpha value is -2.25. The van der Waals surface area contributed by atoms with Crippen molar-refractivity contribution in [3.05, 3.63) is 36.4 Å². The molecule has 0 bridgehead atoms. The molecule has 0 spiro atoms. The molecular formula is C16H20N4O3. The zero-order chi connectivity index (χ0) is 16.1. The van der Waals surface area contributed by atoms with Gasteiger partial charge in [-0.25, -0.2) is 0 Å². The van der Waals surface area contributed by atoms with Gasteiger partial charge in [0.15, 0.2) is 5.76 Å². The average Bonchev–Trinajstić information content (AvgIpc) is 3.03. The minimum Gasteiger partial charge on any atom is -0.481 e. The number of nitrogens with zero attached hydrogens (tertiary/aromatic N) is 4. The van der Waals surface area contributed by atoms with Crippen molar-refractivity contribution in [2.75, 3.05) is 32.7 Å². The second-order valence-corrected chi connectivity index (χ2v) is 5.68. The molecule has 3 rings (SSSR count). The maximum Gasteiger partial charge on any atom is 0.304 e. The third-order valence-electron chi connectivity index (χ3n) is 4.02. The van der Waals surface area contributed by atoms with Gasteiger partial charge in [0.05, 0.1) is 13.0 Å². The van der Waals surface area contributed by atoms with Crippen molar-refractivity contribution in [2.24, 2.45) is 0 Å². The standard InChI is InChI=1S/C16H20N4O3/c21-16(22)3-6-19-7-9-20(10-8-19)12-14-11-15(18-23-14)13-1-4-17-5-2-13/h1-2,4-5,11H,3,6-10,12H2,(H,21,22). The van der Waals surface area contributed by atoms with Crippen LogP contribution in [0.2, 0.25) is 0 Å². The molecule has 0 amide bonds. The Morgan fingerprint density at radius 2 is 1.87 bits per heavy atom. The summed E-state index contributed by atoms with van der Waals surface area (Å²) >= 11 is 0. The number of aliphatic carboxylic acids is 1. The Bertz CT molecular complexity index is 636. The molecule has 3 heterocycles. The van der Waals surface area contributed by atoms with Crippen molar-refractivity contribution in [1.29, 1.82) is 0 Å². The molecule has 7 heteroatoms. The average molecular weight is 316 g/mol. The van der Waals surface area contributed by atoms with Crippen molar-refractivity contribution in [3.8, 4) is 11.3 Å². The molecule has 122 valence electrons. The van der Waals surface area contributed by atoms with Gasteiger partial charge in [-0.05, 0) is 12.1 Å². The molecule has 1 fully saturated rings. The molecule has 2 aromatic heterocycles. The van der Waals surface area contributed by atoms with Crippen molar-refractivity contribution in [3.63, 3.8) is 0 Å².